The van der Waals surface area contributed by atoms with Crippen LogP contribution in [0.15, 0.2) is 30.3 Å². The molecule has 23 heavy (non-hydrogen) atoms. The maximum absolute atomic E-state index is 12.1. The first-order chi connectivity index (χ1) is 11.0. The monoisotopic (exact) mass is 332 g/mol. The van der Waals surface area contributed by atoms with E-state index in [0.29, 0.717) is 23.2 Å². The Morgan fingerprint density at radius 2 is 1.96 bits per heavy atom. The topological polar surface area (TPSA) is 55.6 Å². The number of carbonyl (C=O) groups excluding carboxylic acids is 1. The van der Waals surface area contributed by atoms with E-state index in [9.17, 15) is 4.79 Å². The van der Waals surface area contributed by atoms with Crippen molar-refractivity contribution in [1.29, 1.82) is 0 Å². The quantitative estimate of drug-likeness (QED) is 0.804. The molecule has 0 aliphatic heterocycles. The minimum Gasteiger partial charge on any atom is -0.462 e. The first-order valence-corrected chi connectivity index (χ1v) is 8.63. The van der Waals surface area contributed by atoms with Crippen molar-refractivity contribution < 1.29 is 9.53 Å². The molecule has 4 nitrogen and oxygen atoms in total. The first kappa shape index (κ1) is 17.3. The lowest BCUT2D eigenvalue weighted by atomic mass is 10.1. The van der Waals surface area contributed by atoms with E-state index >= 15 is 0 Å². The smallest absolute Gasteiger partial charge is 0.341 e. The molecule has 0 unspecified atom stereocenters. The maximum Gasteiger partial charge on any atom is 0.341 e. The van der Waals surface area contributed by atoms with Crippen LogP contribution in [0.25, 0.3) is 0 Å². The summed E-state index contributed by atoms with van der Waals surface area (Å²) in [6.45, 7) is 9.15. The lowest BCUT2D eigenvalue weighted by molar-refractivity contribution is 0.0527. The summed E-state index contributed by atoms with van der Waals surface area (Å²) >= 11 is 1.45. The fourth-order valence-corrected chi connectivity index (χ4v) is 3.72. The third kappa shape index (κ3) is 3.85. The molecule has 5 heteroatoms. The number of ether oxygens (including phenoxy) is 1. The lowest BCUT2D eigenvalue weighted by Crippen LogP contribution is -2.30. The molecule has 0 atom stereocenters. The molecule has 0 bridgehead atoms. The van der Waals surface area contributed by atoms with Gasteiger partial charge >= 0.3 is 5.97 Å². The highest BCUT2D eigenvalue weighted by molar-refractivity contribution is 7.20. The van der Waals surface area contributed by atoms with E-state index in [1.165, 1.54) is 16.9 Å². The summed E-state index contributed by atoms with van der Waals surface area (Å²) in [5.41, 5.74) is 8.73. The molecule has 0 saturated heterocycles. The molecule has 0 spiro atoms. The van der Waals surface area contributed by atoms with Crippen LogP contribution in [-0.4, -0.2) is 18.6 Å². The summed E-state index contributed by atoms with van der Waals surface area (Å²) in [7, 11) is 0. The number of nitrogens with two attached hydrogens (primary N) is 1. The molecular weight excluding hydrogens is 308 g/mol. The third-order valence-electron chi connectivity index (χ3n) is 3.71. The SMILES string of the molecule is CCOC(=O)c1c(N)sc(N(Cc2ccccc2)C(C)C)c1C. The van der Waals surface area contributed by atoms with Crippen molar-refractivity contribution in [3.05, 3.63) is 47.0 Å². The second-order valence-corrected chi connectivity index (χ2v) is 6.73. The molecule has 124 valence electrons. The molecule has 1 aromatic heterocycles. The Morgan fingerprint density at radius 3 is 2.52 bits per heavy atom. The van der Waals surface area contributed by atoms with Gasteiger partial charge in [-0.15, -0.1) is 11.3 Å². The normalized spacial score (nSPS) is 10.8. The summed E-state index contributed by atoms with van der Waals surface area (Å²) < 4.78 is 5.13. The van der Waals surface area contributed by atoms with Crippen LogP contribution < -0.4 is 10.6 Å². The predicted octanol–water partition coefficient (Wildman–Crippen LogP) is 4.23. The van der Waals surface area contributed by atoms with Gasteiger partial charge in [-0.2, -0.15) is 0 Å². The minimum absolute atomic E-state index is 0.294. The Labute approximate surface area is 141 Å². The van der Waals surface area contributed by atoms with Gasteiger partial charge in [0.15, 0.2) is 0 Å². The number of benzene rings is 1. The summed E-state index contributed by atoms with van der Waals surface area (Å²) in [5.74, 6) is -0.339. The van der Waals surface area contributed by atoms with E-state index in [-0.39, 0.29) is 5.97 Å². The number of nitrogens with zero attached hydrogens (tertiary/aromatic N) is 1. The van der Waals surface area contributed by atoms with Crippen LogP contribution in [0.1, 0.15) is 42.3 Å². The highest BCUT2D eigenvalue weighted by Gasteiger charge is 2.25. The molecule has 0 aliphatic rings. The van der Waals surface area contributed by atoms with Crippen LogP contribution in [0, 0.1) is 6.92 Å². The van der Waals surface area contributed by atoms with Crippen LogP contribution in [0.4, 0.5) is 10.0 Å². The van der Waals surface area contributed by atoms with Gasteiger partial charge in [0.05, 0.1) is 17.2 Å². The van der Waals surface area contributed by atoms with E-state index < -0.39 is 0 Å². The Bertz CT molecular complexity index is 665. The van der Waals surface area contributed by atoms with Crippen molar-refractivity contribution in [2.75, 3.05) is 17.2 Å². The van der Waals surface area contributed by atoms with Crippen LogP contribution in [0.2, 0.25) is 0 Å². The van der Waals surface area contributed by atoms with E-state index in [1.54, 1.807) is 6.92 Å². The zero-order valence-electron chi connectivity index (χ0n) is 14.1. The van der Waals surface area contributed by atoms with Gasteiger partial charge in [0.1, 0.15) is 5.00 Å². The second kappa shape index (κ2) is 7.51. The number of hydrogen-bond acceptors (Lipinski definition) is 5. The van der Waals surface area contributed by atoms with E-state index in [4.69, 9.17) is 10.5 Å². The van der Waals surface area contributed by atoms with Crippen molar-refractivity contribution in [1.82, 2.24) is 0 Å². The summed E-state index contributed by atoms with van der Waals surface area (Å²) in [5, 5.41) is 1.55. The van der Waals surface area contributed by atoms with E-state index in [2.05, 4.69) is 30.9 Å². The third-order valence-corrected chi connectivity index (χ3v) is 4.87. The van der Waals surface area contributed by atoms with Crippen molar-refractivity contribution in [2.24, 2.45) is 0 Å². The fraction of sp³-hybridized carbons (Fsp3) is 0.389. The van der Waals surface area contributed by atoms with Crippen LogP contribution in [0.5, 0.6) is 0 Å². The van der Waals surface area contributed by atoms with Gasteiger partial charge in [-0.05, 0) is 33.3 Å². The van der Waals surface area contributed by atoms with Gasteiger partial charge < -0.3 is 15.4 Å². The number of thiophene rings is 1. The van der Waals surface area contributed by atoms with Gasteiger partial charge in [0.25, 0.3) is 0 Å². The van der Waals surface area contributed by atoms with E-state index in [0.717, 1.165) is 17.1 Å². The molecule has 0 aliphatic carbocycles. The highest BCUT2D eigenvalue weighted by atomic mass is 32.1. The Kier molecular flexibility index (Phi) is 5.66. The summed E-state index contributed by atoms with van der Waals surface area (Å²) in [6.07, 6.45) is 0. The molecule has 0 radical (unpaired) electrons. The first-order valence-electron chi connectivity index (χ1n) is 7.82. The molecule has 2 N–H and O–H groups in total. The van der Waals surface area contributed by atoms with E-state index in [1.807, 2.05) is 25.1 Å². The summed E-state index contributed by atoms with van der Waals surface area (Å²) in [6, 6.07) is 10.6. The van der Waals surface area contributed by atoms with Crippen LogP contribution >= 0.6 is 11.3 Å². The van der Waals surface area contributed by atoms with Gasteiger partial charge in [-0.25, -0.2) is 4.79 Å². The molecule has 0 saturated carbocycles. The molecule has 0 fully saturated rings. The minimum atomic E-state index is -0.339. The molecule has 1 aromatic carbocycles. The average Bonchev–Trinajstić information content (AvgIpc) is 2.80. The zero-order chi connectivity index (χ0) is 17.0. The zero-order valence-corrected chi connectivity index (χ0v) is 14.9. The number of anilines is 2. The molecule has 1 heterocycles. The number of hydrogen-bond donors (Lipinski definition) is 1. The van der Waals surface area contributed by atoms with Crippen molar-refractivity contribution in [3.8, 4) is 0 Å². The van der Waals surface area contributed by atoms with Gasteiger partial charge in [-0.1, -0.05) is 30.3 Å². The number of nitrogen functional groups attached to an aromatic ring is 1. The Balaban J connectivity index is 2.37. The standard InChI is InChI=1S/C18H24N2O2S/c1-5-22-18(21)15-13(4)17(23-16(15)19)20(12(2)3)11-14-9-7-6-8-10-14/h6-10,12H,5,11,19H2,1-4H3. The maximum atomic E-state index is 12.1. The number of carbonyl (C=O) groups is 1. The van der Waals surface area contributed by atoms with Crippen molar-refractivity contribution >= 4 is 27.3 Å². The Hall–Kier alpha value is -2.01. The van der Waals surface area contributed by atoms with Crippen molar-refractivity contribution in [3.63, 3.8) is 0 Å². The Morgan fingerprint density at radius 1 is 1.30 bits per heavy atom. The molecule has 2 aromatic rings. The average molecular weight is 332 g/mol. The number of rotatable bonds is 6. The molecule has 0 amide bonds. The number of esters is 1. The lowest BCUT2D eigenvalue weighted by Gasteiger charge is -2.28. The molecular formula is C18H24N2O2S. The summed E-state index contributed by atoms with van der Waals surface area (Å²) in [4.78, 5) is 14.4. The molecule has 2 rings (SSSR count). The van der Waals surface area contributed by atoms with Gasteiger partial charge in [0.2, 0.25) is 0 Å². The second-order valence-electron chi connectivity index (χ2n) is 5.70. The van der Waals surface area contributed by atoms with Crippen molar-refractivity contribution in [2.45, 2.75) is 40.3 Å². The predicted molar refractivity (Wildman–Crippen MR) is 97.2 cm³/mol. The van der Waals surface area contributed by atoms with Gasteiger partial charge in [0, 0.05) is 18.2 Å². The largest absolute Gasteiger partial charge is 0.462 e. The highest BCUT2D eigenvalue weighted by Crippen LogP contribution is 2.39. The van der Waals surface area contributed by atoms with Crippen LogP contribution in [0.3, 0.4) is 0 Å². The van der Waals surface area contributed by atoms with Gasteiger partial charge in [-0.3, -0.25) is 0 Å². The van der Waals surface area contributed by atoms with Crippen LogP contribution in [-0.2, 0) is 11.3 Å². The fourth-order valence-electron chi connectivity index (χ4n) is 2.52.